The van der Waals surface area contributed by atoms with E-state index in [1.165, 1.54) is 5.57 Å². The summed E-state index contributed by atoms with van der Waals surface area (Å²) in [6, 6.07) is -0.329. The predicted octanol–water partition coefficient (Wildman–Crippen LogP) is 7.61. The first-order valence-corrected chi connectivity index (χ1v) is 16.2. The Morgan fingerprint density at radius 2 is 1.80 bits per heavy atom. The van der Waals surface area contributed by atoms with E-state index >= 15 is 0 Å². The lowest BCUT2D eigenvalue weighted by Crippen LogP contribution is -2.72. The van der Waals surface area contributed by atoms with Gasteiger partial charge in [-0.3, -0.25) is 4.79 Å². The van der Waals surface area contributed by atoms with E-state index in [2.05, 4.69) is 36.2 Å². The van der Waals surface area contributed by atoms with Gasteiger partial charge in [-0.05, 0) is 71.6 Å². The van der Waals surface area contributed by atoms with Crippen molar-refractivity contribution in [2.24, 2.45) is 11.8 Å². The van der Waals surface area contributed by atoms with Crippen molar-refractivity contribution in [2.75, 3.05) is 26.4 Å². The molecule has 0 bridgehead atoms. The number of allylic oxidation sites excluding steroid dienone is 5. The number of amides is 2. The molecule has 7 heteroatoms. The van der Waals surface area contributed by atoms with Crippen LogP contribution in [-0.2, 0) is 19.0 Å². The first-order chi connectivity index (χ1) is 19.7. The van der Waals surface area contributed by atoms with Crippen molar-refractivity contribution in [3.63, 3.8) is 0 Å². The van der Waals surface area contributed by atoms with Gasteiger partial charge in [-0.1, -0.05) is 71.4 Å². The second kappa shape index (κ2) is 18.4. The van der Waals surface area contributed by atoms with Crippen LogP contribution in [0.25, 0.3) is 0 Å². The van der Waals surface area contributed by atoms with Crippen LogP contribution in [0.4, 0.5) is 4.79 Å². The maximum atomic E-state index is 13.1. The molecule has 2 saturated heterocycles. The minimum atomic E-state index is -0.641. The van der Waals surface area contributed by atoms with E-state index in [9.17, 15) is 9.59 Å². The van der Waals surface area contributed by atoms with Gasteiger partial charge in [-0.2, -0.15) is 0 Å². The first kappa shape index (κ1) is 36.9. The second-order valence-electron chi connectivity index (χ2n) is 11.5. The number of piperidine rings is 1. The largest absolute Gasteiger partial charge is 0.444 e. The number of carbonyl (C=O) groups excluding carboxylic acids is 2. The Labute approximate surface area is 251 Å². The van der Waals surface area contributed by atoms with Crippen LogP contribution in [0.2, 0.25) is 0 Å². The number of nitrogens with zero attached hydrogens (tertiary/aromatic N) is 1. The molecule has 7 nitrogen and oxygen atoms in total. The molecule has 0 radical (unpaired) electrons. The van der Waals surface area contributed by atoms with E-state index in [4.69, 9.17) is 14.2 Å². The van der Waals surface area contributed by atoms with Crippen LogP contribution in [-0.4, -0.2) is 66.6 Å². The molecule has 3 fully saturated rings. The van der Waals surface area contributed by atoms with Crippen molar-refractivity contribution in [1.29, 1.82) is 0 Å². The SMILES string of the molecule is C=CC1CC=CC=C1C1CCC(OCC2N(C(=O)OC(C)(C)C)CCCC23COCC(=O)N3)CC1.CC.CC.CC. The van der Waals surface area contributed by atoms with Gasteiger partial charge in [0, 0.05) is 12.5 Å². The van der Waals surface area contributed by atoms with Gasteiger partial charge in [0.05, 0.1) is 30.9 Å². The fourth-order valence-corrected chi connectivity index (χ4v) is 6.09. The second-order valence-corrected chi connectivity index (χ2v) is 11.5. The minimum Gasteiger partial charge on any atom is -0.444 e. The maximum Gasteiger partial charge on any atom is 0.410 e. The van der Waals surface area contributed by atoms with Gasteiger partial charge in [0.2, 0.25) is 5.91 Å². The molecule has 2 aliphatic carbocycles. The van der Waals surface area contributed by atoms with E-state index in [0.717, 1.165) is 44.9 Å². The summed E-state index contributed by atoms with van der Waals surface area (Å²) in [5, 5.41) is 3.16. The van der Waals surface area contributed by atoms with Gasteiger partial charge < -0.3 is 24.4 Å². The fourth-order valence-electron chi connectivity index (χ4n) is 6.09. The normalized spacial score (nSPS) is 29.2. The Bertz CT molecular complexity index is 850. The van der Waals surface area contributed by atoms with Crippen molar-refractivity contribution in [1.82, 2.24) is 10.2 Å². The fraction of sp³-hybridized carbons (Fsp3) is 0.765. The summed E-state index contributed by atoms with van der Waals surface area (Å²) in [5.74, 6) is 0.884. The highest BCUT2D eigenvalue weighted by molar-refractivity contribution is 5.79. The summed E-state index contributed by atoms with van der Waals surface area (Å²) < 4.78 is 17.9. The van der Waals surface area contributed by atoms with E-state index in [0.29, 0.717) is 31.6 Å². The van der Waals surface area contributed by atoms with E-state index in [1.54, 1.807) is 4.90 Å². The van der Waals surface area contributed by atoms with E-state index in [1.807, 2.05) is 62.3 Å². The van der Waals surface area contributed by atoms with Crippen molar-refractivity contribution in [3.05, 3.63) is 36.5 Å². The number of carbonyl (C=O) groups is 2. The Balaban J connectivity index is 0.00000131. The molecular formula is C34H60N2O5. The third kappa shape index (κ3) is 10.6. The minimum absolute atomic E-state index is 0.0581. The number of morpholine rings is 1. The molecule has 3 atom stereocenters. The van der Waals surface area contributed by atoms with Crippen LogP contribution >= 0.6 is 0 Å². The van der Waals surface area contributed by atoms with Crippen LogP contribution in [0, 0.1) is 11.8 Å². The van der Waals surface area contributed by atoms with Crippen molar-refractivity contribution in [3.8, 4) is 0 Å². The van der Waals surface area contributed by atoms with Crippen LogP contribution < -0.4 is 5.32 Å². The molecule has 2 aliphatic heterocycles. The molecule has 2 amide bonds. The highest BCUT2D eigenvalue weighted by Gasteiger charge is 2.50. The highest BCUT2D eigenvalue weighted by Crippen LogP contribution is 2.38. The number of hydrogen-bond donors (Lipinski definition) is 1. The zero-order chi connectivity index (χ0) is 31.1. The molecule has 236 valence electrons. The summed E-state index contributed by atoms with van der Waals surface area (Å²) in [5.41, 5.74) is 0.271. The van der Waals surface area contributed by atoms with E-state index in [-0.39, 0.29) is 30.8 Å². The molecule has 4 rings (SSSR count). The van der Waals surface area contributed by atoms with Crippen molar-refractivity contribution >= 4 is 12.0 Å². The number of rotatable bonds is 5. The van der Waals surface area contributed by atoms with Gasteiger partial charge in [0.25, 0.3) is 0 Å². The molecule has 3 unspecified atom stereocenters. The Morgan fingerprint density at radius 3 is 2.39 bits per heavy atom. The van der Waals surface area contributed by atoms with Crippen LogP contribution in [0.15, 0.2) is 36.5 Å². The lowest BCUT2D eigenvalue weighted by Gasteiger charge is -2.51. The lowest BCUT2D eigenvalue weighted by atomic mass is 9.75. The molecular weight excluding hydrogens is 516 g/mol. The predicted molar refractivity (Wildman–Crippen MR) is 169 cm³/mol. The summed E-state index contributed by atoms with van der Waals surface area (Å²) in [6.07, 6.45) is 15.3. The van der Waals surface area contributed by atoms with Gasteiger partial charge >= 0.3 is 6.09 Å². The topological polar surface area (TPSA) is 77.1 Å². The van der Waals surface area contributed by atoms with E-state index < -0.39 is 11.1 Å². The van der Waals surface area contributed by atoms with Gasteiger partial charge in [0.15, 0.2) is 0 Å². The molecule has 1 N–H and O–H groups in total. The standard InChI is InChI=1S/C28H42N2O5.3C2H6/c1-5-20-9-6-7-10-23(20)21-11-13-22(14-12-21)34-17-24-28(19-33-18-25(31)29-28)15-8-16-30(24)26(32)35-27(2,3)4;3*1-2/h5-7,10,20-22,24H,1,8-9,11-19H2,2-4H3,(H,29,31);3*1-2H3. The third-order valence-corrected chi connectivity index (χ3v) is 7.81. The molecule has 41 heavy (non-hydrogen) atoms. The Morgan fingerprint density at radius 1 is 1.15 bits per heavy atom. The van der Waals surface area contributed by atoms with Gasteiger partial charge in [-0.25, -0.2) is 4.79 Å². The lowest BCUT2D eigenvalue weighted by molar-refractivity contribution is -0.144. The van der Waals surface area contributed by atoms with Crippen molar-refractivity contribution in [2.45, 2.75) is 131 Å². The maximum absolute atomic E-state index is 13.1. The molecule has 1 spiro atoms. The van der Waals surface area contributed by atoms with Crippen LogP contribution in [0.3, 0.4) is 0 Å². The monoisotopic (exact) mass is 576 g/mol. The van der Waals surface area contributed by atoms with Gasteiger partial charge in [-0.15, -0.1) is 6.58 Å². The Hall–Kier alpha value is -2.12. The van der Waals surface area contributed by atoms with Crippen LogP contribution in [0.1, 0.15) is 107 Å². The summed E-state index contributed by atoms with van der Waals surface area (Å²) in [6.45, 7) is 23.0. The summed E-state index contributed by atoms with van der Waals surface area (Å²) in [4.78, 5) is 27.2. The Kier molecular flexibility index (Phi) is 16.6. The smallest absolute Gasteiger partial charge is 0.410 e. The molecule has 0 aromatic heterocycles. The number of hydrogen-bond acceptors (Lipinski definition) is 5. The first-order valence-electron chi connectivity index (χ1n) is 16.2. The number of nitrogens with one attached hydrogen (secondary N) is 1. The summed E-state index contributed by atoms with van der Waals surface area (Å²) in [7, 11) is 0. The summed E-state index contributed by atoms with van der Waals surface area (Å²) >= 11 is 0. The average molecular weight is 577 g/mol. The molecule has 0 aromatic carbocycles. The molecule has 0 aromatic rings. The molecule has 1 saturated carbocycles. The van der Waals surface area contributed by atoms with Crippen LogP contribution in [0.5, 0.6) is 0 Å². The average Bonchev–Trinajstić information content (AvgIpc) is 2.99. The van der Waals surface area contributed by atoms with Gasteiger partial charge in [0.1, 0.15) is 12.2 Å². The highest BCUT2D eigenvalue weighted by atomic mass is 16.6. The zero-order valence-corrected chi connectivity index (χ0v) is 27.6. The number of likely N-dealkylation sites (tertiary alicyclic amines) is 1. The molecule has 2 heterocycles. The van der Waals surface area contributed by atoms with Crippen molar-refractivity contribution < 1.29 is 23.8 Å². The quantitative estimate of drug-likeness (QED) is 0.341. The third-order valence-electron chi connectivity index (χ3n) is 7.81. The zero-order valence-electron chi connectivity index (χ0n) is 27.6. The number of ether oxygens (including phenoxy) is 3. The molecule has 4 aliphatic rings.